The molecule has 0 spiro atoms. The summed E-state index contributed by atoms with van der Waals surface area (Å²) in [5.74, 6) is 1.62. The first-order valence-electron chi connectivity index (χ1n) is 9.06. The number of morpholine rings is 1. The van der Waals surface area contributed by atoms with Crippen LogP contribution in [0.2, 0.25) is 0 Å². The fourth-order valence-electron chi connectivity index (χ4n) is 3.44. The van der Waals surface area contributed by atoms with Gasteiger partial charge in [-0.05, 0) is 43.8 Å². The number of anilines is 1. The van der Waals surface area contributed by atoms with E-state index in [2.05, 4.69) is 44.7 Å². The highest BCUT2D eigenvalue weighted by Gasteiger charge is 2.21. The van der Waals surface area contributed by atoms with Crippen LogP contribution >= 0.6 is 11.3 Å². The van der Waals surface area contributed by atoms with E-state index in [0.717, 1.165) is 55.5 Å². The van der Waals surface area contributed by atoms with Crippen molar-refractivity contribution in [3.05, 3.63) is 29.0 Å². The molecular weight excluding hydrogens is 348 g/mol. The number of fused-ring (bicyclic) bond motifs is 1. The molecule has 7 nitrogen and oxygen atoms in total. The Kier molecular flexibility index (Phi) is 5.14. The molecule has 3 aromatic heterocycles. The van der Waals surface area contributed by atoms with Crippen molar-refractivity contribution in [2.75, 3.05) is 31.5 Å². The predicted molar refractivity (Wildman–Crippen MR) is 104 cm³/mol. The van der Waals surface area contributed by atoms with Gasteiger partial charge in [0.1, 0.15) is 5.82 Å². The van der Waals surface area contributed by atoms with Crippen molar-refractivity contribution in [3.8, 4) is 11.4 Å². The molecule has 8 heteroatoms. The van der Waals surface area contributed by atoms with Gasteiger partial charge in [0.2, 0.25) is 0 Å². The Bertz CT molecular complexity index is 839. The summed E-state index contributed by atoms with van der Waals surface area (Å²) >= 11 is 1.64. The predicted octanol–water partition coefficient (Wildman–Crippen LogP) is 2.76. The minimum atomic E-state index is 0.319. The molecule has 0 bridgehead atoms. The van der Waals surface area contributed by atoms with Crippen molar-refractivity contribution in [3.63, 3.8) is 0 Å². The van der Waals surface area contributed by atoms with Crippen LogP contribution in [0.25, 0.3) is 17.0 Å². The molecule has 1 aliphatic heterocycles. The van der Waals surface area contributed by atoms with Crippen LogP contribution in [-0.2, 0) is 4.74 Å². The third kappa shape index (κ3) is 3.87. The first kappa shape index (κ1) is 17.4. The standard InChI is InChI=1S/C18H24N6OS/c1-13-10-23(11-14(2)25-13)8-3-7-19-16-4-5-17-20-21-18(24(17)22-16)15-6-9-26-12-15/h4-6,9,12-14H,3,7-8,10-11H2,1-2H3,(H,19,22). The second-order valence-electron chi connectivity index (χ2n) is 6.82. The van der Waals surface area contributed by atoms with E-state index < -0.39 is 0 Å². The number of rotatable bonds is 6. The van der Waals surface area contributed by atoms with Crippen LogP contribution in [0.1, 0.15) is 20.3 Å². The third-order valence-corrected chi connectivity index (χ3v) is 5.18. The summed E-state index contributed by atoms with van der Waals surface area (Å²) in [6.07, 6.45) is 1.71. The van der Waals surface area contributed by atoms with Gasteiger partial charge in [-0.25, -0.2) is 0 Å². The molecule has 0 amide bonds. The molecule has 26 heavy (non-hydrogen) atoms. The first-order valence-corrected chi connectivity index (χ1v) is 10.00. The Hall–Kier alpha value is -2.03. The van der Waals surface area contributed by atoms with Crippen molar-refractivity contribution >= 4 is 22.8 Å². The Morgan fingerprint density at radius 3 is 2.81 bits per heavy atom. The number of nitrogens with zero attached hydrogens (tertiary/aromatic N) is 5. The molecule has 3 aromatic rings. The van der Waals surface area contributed by atoms with E-state index in [0.29, 0.717) is 12.2 Å². The van der Waals surface area contributed by atoms with E-state index in [-0.39, 0.29) is 0 Å². The van der Waals surface area contributed by atoms with Crippen molar-refractivity contribution in [1.29, 1.82) is 0 Å². The molecule has 2 atom stereocenters. The molecule has 0 aromatic carbocycles. The smallest absolute Gasteiger partial charge is 0.186 e. The second kappa shape index (κ2) is 7.69. The Morgan fingerprint density at radius 2 is 2.04 bits per heavy atom. The first-order chi connectivity index (χ1) is 12.7. The van der Waals surface area contributed by atoms with E-state index in [1.165, 1.54) is 0 Å². The maximum Gasteiger partial charge on any atom is 0.186 e. The van der Waals surface area contributed by atoms with Gasteiger partial charge in [0.25, 0.3) is 0 Å². The maximum atomic E-state index is 5.79. The lowest BCUT2D eigenvalue weighted by molar-refractivity contribution is -0.0678. The van der Waals surface area contributed by atoms with Gasteiger partial charge in [-0.3, -0.25) is 4.90 Å². The summed E-state index contributed by atoms with van der Waals surface area (Å²) in [4.78, 5) is 2.48. The van der Waals surface area contributed by atoms with E-state index in [4.69, 9.17) is 4.74 Å². The number of nitrogens with one attached hydrogen (secondary N) is 1. The zero-order valence-electron chi connectivity index (χ0n) is 15.1. The Morgan fingerprint density at radius 1 is 1.19 bits per heavy atom. The second-order valence-corrected chi connectivity index (χ2v) is 7.60. The van der Waals surface area contributed by atoms with Gasteiger partial charge in [0.15, 0.2) is 11.5 Å². The summed E-state index contributed by atoms with van der Waals surface area (Å²) < 4.78 is 7.59. The third-order valence-electron chi connectivity index (χ3n) is 4.49. The van der Waals surface area contributed by atoms with Crippen LogP contribution in [0.4, 0.5) is 5.82 Å². The number of thiophene rings is 1. The van der Waals surface area contributed by atoms with Gasteiger partial charge < -0.3 is 10.1 Å². The SMILES string of the molecule is CC1CN(CCCNc2ccc3nnc(-c4ccsc4)n3n2)CC(C)O1. The lowest BCUT2D eigenvalue weighted by Gasteiger charge is -2.35. The molecule has 1 aliphatic rings. The molecular formula is C18H24N6OS. The molecule has 0 aliphatic carbocycles. The van der Waals surface area contributed by atoms with Crippen LogP contribution in [0.3, 0.4) is 0 Å². The lowest BCUT2D eigenvalue weighted by atomic mass is 10.2. The summed E-state index contributed by atoms with van der Waals surface area (Å²) in [7, 11) is 0. The van der Waals surface area contributed by atoms with Crippen molar-refractivity contribution in [2.24, 2.45) is 0 Å². The largest absolute Gasteiger partial charge is 0.373 e. The number of hydrogen-bond donors (Lipinski definition) is 1. The normalized spacial score (nSPS) is 21.3. The quantitative estimate of drug-likeness (QED) is 0.671. The zero-order chi connectivity index (χ0) is 17.9. The number of ether oxygens (including phenoxy) is 1. The van der Waals surface area contributed by atoms with Crippen LogP contribution in [-0.4, -0.2) is 63.1 Å². The highest BCUT2D eigenvalue weighted by Crippen LogP contribution is 2.20. The summed E-state index contributed by atoms with van der Waals surface area (Å²) in [6, 6.07) is 5.94. The fraction of sp³-hybridized carbons (Fsp3) is 0.500. The number of hydrogen-bond acceptors (Lipinski definition) is 7. The molecule has 4 rings (SSSR count). The van der Waals surface area contributed by atoms with Gasteiger partial charge in [-0.2, -0.15) is 15.9 Å². The lowest BCUT2D eigenvalue weighted by Crippen LogP contribution is -2.45. The number of aromatic nitrogens is 4. The minimum absolute atomic E-state index is 0.319. The summed E-state index contributed by atoms with van der Waals surface area (Å²) in [5, 5.41) is 20.6. The molecule has 2 unspecified atom stereocenters. The molecule has 0 radical (unpaired) electrons. The van der Waals surface area contributed by atoms with Gasteiger partial charge in [-0.1, -0.05) is 0 Å². The molecule has 138 valence electrons. The fourth-order valence-corrected chi connectivity index (χ4v) is 4.08. The van der Waals surface area contributed by atoms with Gasteiger partial charge in [-0.15, -0.1) is 15.3 Å². The topological polar surface area (TPSA) is 67.6 Å². The highest BCUT2D eigenvalue weighted by atomic mass is 32.1. The molecule has 0 saturated carbocycles. The minimum Gasteiger partial charge on any atom is -0.373 e. The van der Waals surface area contributed by atoms with Gasteiger partial charge >= 0.3 is 0 Å². The van der Waals surface area contributed by atoms with Crippen LogP contribution < -0.4 is 5.32 Å². The monoisotopic (exact) mass is 372 g/mol. The van der Waals surface area contributed by atoms with Crippen molar-refractivity contribution in [1.82, 2.24) is 24.7 Å². The molecule has 1 fully saturated rings. The van der Waals surface area contributed by atoms with E-state index in [9.17, 15) is 0 Å². The highest BCUT2D eigenvalue weighted by molar-refractivity contribution is 7.08. The van der Waals surface area contributed by atoms with Crippen LogP contribution in [0, 0.1) is 0 Å². The van der Waals surface area contributed by atoms with E-state index in [1.54, 1.807) is 15.9 Å². The van der Waals surface area contributed by atoms with Crippen molar-refractivity contribution in [2.45, 2.75) is 32.5 Å². The van der Waals surface area contributed by atoms with Gasteiger partial charge in [0.05, 0.1) is 12.2 Å². The van der Waals surface area contributed by atoms with Gasteiger partial charge in [0, 0.05) is 37.1 Å². The van der Waals surface area contributed by atoms with E-state index >= 15 is 0 Å². The maximum absolute atomic E-state index is 5.79. The summed E-state index contributed by atoms with van der Waals surface area (Å²) in [5.41, 5.74) is 1.80. The van der Waals surface area contributed by atoms with Crippen LogP contribution in [0.5, 0.6) is 0 Å². The summed E-state index contributed by atoms with van der Waals surface area (Å²) in [6.45, 7) is 8.27. The Labute approximate surface area is 157 Å². The van der Waals surface area contributed by atoms with E-state index in [1.807, 2.05) is 23.6 Å². The average molecular weight is 372 g/mol. The molecule has 4 heterocycles. The Balaban J connectivity index is 1.35. The molecule has 1 saturated heterocycles. The molecule has 1 N–H and O–H groups in total. The zero-order valence-corrected chi connectivity index (χ0v) is 15.9. The average Bonchev–Trinajstić information content (AvgIpc) is 3.26. The van der Waals surface area contributed by atoms with Crippen LogP contribution in [0.15, 0.2) is 29.0 Å². The van der Waals surface area contributed by atoms with Crippen molar-refractivity contribution < 1.29 is 4.74 Å².